The van der Waals surface area contributed by atoms with Crippen LogP contribution in [0.5, 0.6) is 0 Å². The molecule has 0 saturated heterocycles. The van der Waals surface area contributed by atoms with Gasteiger partial charge in [0.25, 0.3) is 0 Å². The minimum Gasteiger partial charge on any atom is -0.423 e. The Morgan fingerprint density at radius 1 is 0.941 bits per heavy atom. The predicted octanol–water partition coefficient (Wildman–Crippen LogP) is 1.61. The molecule has 0 unspecified atom stereocenters. The predicted molar refractivity (Wildman–Crippen MR) is 70.5 cm³/mol. The van der Waals surface area contributed by atoms with E-state index in [4.69, 9.17) is 21.6 Å². The first-order valence-electron chi connectivity index (χ1n) is 5.34. The van der Waals surface area contributed by atoms with Crippen molar-refractivity contribution in [3.8, 4) is 0 Å². The van der Waals surface area contributed by atoms with E-state index in [1.807, 2.05) is 36.4 Å². The normalized spacial score (nSPS) is 10.3. The lowest BCUT2D eigenvalue weighted by atomic mass is 9.79. The third-order valence-electron chi connectivity index (χ3n) is 2.53. The van der Waals surface area contributed by atoms with Gasteiger partial charge < -0.3 is 10.0 Å². The number of rotatable bonds is 3. The zero-order valence-electron chi connectivity index (χ0n) is 9.18. The molecule has 0 aliphatic carbocycles. The molecule has 0 amide bonds. The first kappa shape index (κ1) is 12.2. The summed E-state index contributed by atoms with van der Waals surface area (Å²) in [6.07, 6.45) is 0.723. The van der Waals surface area contributed by atoms with Crippen LogP contribution in [0.4, 0.5) is 0 Å². The monoisotopic (exact) mass is 246 g/mol. The van der Waals surface area contributed by atoms with Crippen molar-refractivity contribution in [2.45, 2.75) is 6.42 Å². The van der Waals surface area contributed by atoms with Gasteiger partial charge >= 0.3 is 7.12 Å². The zero-order valence-corrected chi connectivity index (χ0v) is 9.93. The molecule has 0 heterocycles. The molecular formula is C13H12BClO2. The third kappa shape index (κ3) is 3.33. The van der Waals surface area contributed by atoms with Crippen LogP contribution in [-0.2, 0) is 6.42 Å². The molecule has 0 bridgehead atoms. The van der Waals surface area contributed by atoms with Gasteiger partial charge in [-0.05, 0) is 35.1 Å². The van der Waals surface area contributed by atoms with Crippen molar-refractivity contribution in [2.75, 3.05) is 0 Å². The maximum atomic E-state index is 9.14. The summed E-state index contributed by atoms with van der Waals surface area (Å²) in [6, 6.07) is 15.1. The van der Waals surface area contributed by atoms with E-state index in [1.54, 1.807) is 12.1 Å². The van der Waals surface area contributed by atoms with Gasteiger partial charge in [-0.25, -0.2) is 0 Å². The lowest BCUT2D eigenvalue weighted by molar-refractivity contribution is 0.425. The molecule has 2 aromatic rings. The molecule has 2 nitrogen and oxygen atoms in total. The fourth-order valence-corrected chi connectivity index (χ4v) is 2.02. The van der Waals surface area contributed by atoms with Crippen LogP contribution in [0, 0.1) is 0 Å². The fourth-order valence-electron chi connectivity index (χ4n) is 1.76. The van der Waals surface area contributed by atoms with E-state index in [9.17, 15) is 0 Å². The van der Waals surface area contributed by atoms with Crippen LogP contribution in [0.1, 0.15) is 11.1 Å². The van der Waals surface area contributed by atoms with Crippen molar-refractivity contribution in [3.05, 3.63) is 64.7 Å². The average Bonchev–Trinajstić information content (AvgIpc) is 2.29. The summed E-state index contributed by atoms with van der Waals surface area (Å²) >= 11 is 5.94. The average molecular weight is 247 g/mol. The van der Waals surface area contributed by atoms with Crippen molar-refractivity contribution in [2.24, 2.45) is 0 Å². The highest BCUT2D eigenvalue weighted by molar-refractivity contribution is 6.59. The lowest BCUT2D eigenvalue weighted by Gasteiger charge is -2.06. The van der Waals surface area contributed by atoms with E-state index in [2.05, 4.69) is 0 Å². The highest BCUT2D eigenvalue weighted by Crippen LogP contribution is 2.13. The minimum absolute atomic E-state index is 0.420. The van der Waals surface area contributed by atoms with Crippen LogP contribution < -0.4 is 5.46 Å². The molecule has 0 fully saturated rings. The first-order valence-corrected chi connectivity index (χ1v) is 5.72. The van der Waals surface area contributed by atoms with Gasteiger partial charge in [-0.3, -0.25) is 0 Å². The van der Waals surface area contributed by atoms with Crippen LogP contribution in [-0.4, -0.2) is 17.2 Å². The Balaban J connectivity index is 2.27. The number of benzene rings is 2. The van der Waals surface area contributed by atoms with Crippen LogP contribution in [0.3, 0.4) is 0 Å². The van der Waals surface area contributed by atoms with Crippen molar-refractivity contribution in [3.63, 3.8) is 0 Å². The Labute approximate surface area is 106 Å². The first-order chi connectivity index (χ1) is 8.15. The molecule has 86 valence electrons. The van der Waals surface area contributed by atoms with Gasteiger partial charge in [0.05, 0.1) is 0 Å². The molecule has 0 spiro atoms. The molecule has 0 aliphatic rings. The SMILES string of the molecule is OB(O)c1cc(Cl)cc(Cc2ccccc2)c1. The van der Waals surface area contributed by atoms with Crippen molar-refractivity contribution in [1.82, 2.24) is 0 Å². The number of halogens is 1. The van der Waals surface area contributed by atoms with Gasteiger partial charge in [0.2, 0.25) is 0 Å². The number of hydrogen-bond donors (Lipinski definition) is 2. The smallest absolute Gasteiger partial charge is 0.423 e. The zero-order chi connectivity index (χ0) is 12.3. The van der Waals surface area contributed by atoms with E-state index < -0.39 is 7.12 Å². The Morgan fingerprint density at radius 3 is 2.29 bits per heavy atom. The van der Waals surface area contributed by atoms with Gasteiger partial charge in [0, 0.05) is 5.02 Å². The lowest BCUT2D eigenvalue weighted by Crippen LogP contribution is -2.30. The molecule has 0 atom stereocenters. The Bertz CT molecular complexity index is 500. The Kier molecular flexibility index (Phi) is 3.84. The van der Waals surface area contributed by atoms with Crippen LogP contribution in [0.25, 0.3) is 0 Å². The van der Waals surface area contributed by atoms with E-state index in [-0.39, 0.29) is 0 Å². The largest absolute Gasteiger partial charge is 0.488 e. The summed E-state index contributed by atoms with van der Waals surface area (Å²) in [5.74, 6) is 0. The van der Waals surface area contributed by atoms with E-state index in [0.29, 0.717) is 10.5 Å². The summed E-state index contributed by atoms with van der Waals surface area (Å²) < 4.78 is 0. The molecule has 0 aliphatic heterocycles. The summed E-state index contributed by atoms with van der Waals surface area (Å²) in [7, 11) is -1.48. The highest BCUT2D eigenvalue weighted by atomic mass is 35.5. The number of hydrogen-bond acceptors (Lipinski definition) is 2. The molecule has 4 heteroatoms. The molecule has 0 saturated carbocycles. The summed E-state index contributed by atoms with van der Waals surface area (Å²) in [5, 5.41) is 18.8. The minimum atomic E-state index is -1.48. The summed E-state index contributed by atoms with van der Waals surface area (Å²) in [6.45, 7) is 0. The van der Waals surface area contributed by atoms with Crippen molar-refractivity contribution >= 4 is 24.2 Å². The molecule has 2 rings (SSSR count). The van der Waals surface area contributed by atoms with Gasteiger partial charge in [-0.2, -0.15) is 0 Å². The summed E-state index contributed by atoms with van der Waals surface area (Å²) in [4.78, 5) is 0. The standard InChI is InChI=1S/C13H12BClO2/c15-13-8-11(7-12(9-13)14(16)17)6-10-4-2-1-3-5-10/h1-5,7-9,16-17H,6H2. The van der Waals surface area contributed by atoms with Crippen molar-refractivity contribution in [1.29, 1.82) is 0 Å². The van der Waals surface area contributed by atoms with Crippen LogP contribution in [0.2, 0.25) is 5.02 Å². The van der Waals surface area contributed by atoms with E-state index in [1.165, 1.54) is 0 Å². The second-order valence-corrected chi connectivity index (χ2v) is 4.37. The maximum absolute atomic E-state index is 9.14. The van der Waals surface area contributed by atoms with Gasteiger partial charge in [0.1, 0.15) is 0 Å². The maximum Gasteiger partial charge on any atom is 0.488 e. The quantitative estimate of drug-likeness (QED) is 0.808. The molecule has 2 N–H and O–H groups in total. The third-order valence-corrected chi connectivity index (χ3v) is 2.75. The molecule has 0 aromatic heterocycles. The van der Waals surface area contributed by atoms with Gasteiger partial charge in [-0.1, -0.05) is 48.0 Å². The highest BCUT2D eigenvalue weighted by Gasteiger charge is 2.12. The van der Waals surface area contributed by atoms with Crippen molar-refractivity contribution < 1.29 is 10.0 Å². The summed E-state index contributed by atoms with van der Waals surface area (Å²) in [5.41, 5.74) is 2.54. The van der Waals surface area contributed by atoms with Gasteiger partial charge in [-0.15, -0.1) is 0 Å². The molecule has 17 heavy (non-hydrogen) atoms. The second-order valence-electron chi connectivity index (χ2n) is 3.93. The van der Waals surface area contributed by atoms with Gasteiger partial charge in [0.15, 0.2) is 0 Å². The fraction of sp³-hybridized carbons (Fsp3) is 0.0769. The topological polar surface area (TPSA) is 40.5 Å². The second kappa shape index (κ2) is 5.36. The van der Waals surface area contributed by atoms with Crippen LogP contribution in [0.15, 0.2) is 48.5 Å². The molecule has 0 radical (unpaired) electrons. The Morgan fingerprint density at radius 2 is 1.65 bits per heavy atom. The van der Waals surface area contributed by atoms with E-state index in [0.717, 1.165) is 17.5 Å². The molecule has 2 aromatic carbocycles. The molecular weight excluding hydrogens is 234 g/mol. The van der Waals surface area contributed by atoms with Crippen LogP contribution >= 0.6 is 11.6 Å². The van der Waals surface area contributed by atoms with E-state index >= 15 is 0 Å². The Hall–Kier alpha value is -1.29.